The minimum atomic E-state index is -3.76. The molecule has 1 amide bonds. The average Bonchev–Trinajstić information content (AvgIpc) is 3.21. The summed E-state index contributed by atoms with van der Waals surface area (Å²) in [4.78, 5) is 22.7. The van der Waals surface area contributed by atoms with Gasteiger partial charge in [-0.2, -0.15) is 4.31 Å². The highest BCUT2D eigenvalue weighted by molar-refractivity contribution is 7.89. The Morgan fingerprint density at radius 3 is 2.71 bits per heavy atom. The number of para-hydroxylation sites is 2. The first-order chi connectivity index (χ1) is 14.9. The number of rotatable bonds is 3. The van der Waals surface area contributed by atoms with E-state index in [1.54, 1.807) is 24.3 Å². The van der Waals surface area contributed by atoms with Crippen molar-refractivity contribution in [1.82, 2.24) is 19.2 Å². The van der Waals surface area contributed by atoms with Crippen LogP contribution in [0, 0.1) is 0 Å². The van der Waals surface area contributed by atoms with Crippen LogP contribution in [0.4, 0.5) is 5.69 Å². The van der Waals surface area contributed by atoms with Crippen LogP contribution in [0.5, 0.6) is 0 Å². The van der Waals surface area contributed by atoms with Crippen LogP contribution in [-0.2, 0) is 14.8 Å². The normalized spacial score (nSPS) is 19.5. The Balaban J connectivity index is 1.60. The maximum atomic E-state index is 13.6. The van der Waals surface area contributed by atoms with Crippen molar-refractivity contribution in [2.24, 2.45) is 0 Å². The molecule has 2 aromatic carbocycles. The van der Waals surface area contributed by atoms with Crippen molar-refractivity contribution in [1.29, 1.82) is 0 Å². The highest BCUT2D eigenvalue weighted by atomic mass is 32.2. The van der Waals surface area contributed by atoms with Crippen molar-refractivity contribution in [3.05, 3.63) is 53.9 Å². The molecule has 1 aromatic heterocycles. The van der Waals surface area contributed by atoms with Gasteiger partial charge in [-0.25, -0.2) is 13.4 Å². The van der Waals surface area contributed by atoms with Gasteiger partial charge < -0.3 is 15.2 Å². The number of aromatic amines is 1. The predicted molar refractivity (Wildman–Crippen MR) is 120 cm³/mol. The Labute approximate surface area is 180 Å². The summed E-state index contributed by atoms with van der Waals surface area (Å²) in [5.74, 6) is 0.163. The Bertz CT molecular complexity index is 1280. The summed E-state index contributed by atoms with van der Waals surface area (Å²) in [7, 11) is -1.77. The molecule has 0 spiro atoms. The van der Waals surface area contributed by atoms with Crippen LogP contribution in [0.1, 0.15) is 17.8 Å². The van der Waals surface area contributed by atoms with Crippen LogP contribution in [-0.4, -0.2) is 66.7 Å². The maximum absolute atomic E-state index is 13.6. The molecule has 1 saturated heterocycles. The lowest BCUT2D eigenvalue weighted by atomic mass is 10.1. The monoisotopic (exact) mass is 437 g/mol. The molecule has 2 aliphatic heterocycles. The number of imidazole rings is 1. The van der Waals surface area contributed by atoms with Crippen molar-refractivity contribution in [3.8, 4) is 0 Å². The molecule has 0 bridgehead atoms. The van der Waals surface area contributed by atoms with Gasteiger partial charge in [-0.05, 0) is 50.4 Å². The number of anilines is 1. The largest absolute Gasteiger partial charge is 0.338 e. The third-order valence-corrected chi connectivity index (χ3v) is 7.71. The van der Waals surface area contributed by atoms with Gasteiger partial charge >= 0.3 is 0 Å². The lowest BCUT2D eigenvalue weighted by molar-refractivity contribution is -0.110. The van der Waals surface area contributed by atoms with E-state index in [1.165, 1.54) is 4.31 Å². The van der Waals surface area contributed by atoms with Crippen molar-refractivity contribution >= 4 is 44.3 Å². The van der Waals surface area contributed by atoms with Crippen LogP contribution in [0.25, 0.3) is 22.7 Å². The Kier molecular flexibility index (Phi) is 4.88. The van der Waals surface area contributed by atoms with Crippen molar-refractivity contribution in [2.45, 2.75) is 11.3 Å². The number of aromatic nitrogens is 2. The molecule has 2 N–H and O–H groups in total. The highest BCUT2D eigenvalue weighted by Crippen LogP contribution is 2.38. The molecular weight excluding hydrogens is 414 g/mol. The first-order valence-electron chi connectivity index (χ1n) is 10.2. The SMILES string of the molecule is CN1CCCN(S(=O)(=O)c2cccc3c2/C(=C/c2nc4ccccc4[nH]2)C(=O)N3)CC1. The second kappa shape index (κ2) is 7.60. The molecule has 160 valence electrons. The number of hydrogen-bond acceptors (Lipinski definition) is 5. The Morgan fingerprint density at radius 1 is 1.03 bits per heavy atom. The first-order valence-corrected chi connectivity index (χ1v) is 11.7. The lowest BCUT2D eigenvalue weighted by Crippen LogP contribution is -2.34. The second-order valence-corrected chi connectivity index (χ2v) is 9.80. The van der Waals surface area contributed by atoms with Crippen LogP contribution < -0.4 is 5.32 Å². The lowest BCUT2D eigenvalue weighted by Gasteiger charge is -2.21. The number of amides is 1. The van der Waals surface area contributed by atoms with Crippen LogP contribution in [0.3, 0.4) is 0 Å². The second-order valence-electron chi connectivity index (χ2n) is 7.89. The molecule has 2 aliphatic rings. The van der Waals surface area contributed by atoms with Gasteiger partial charge in [0.2, 0.25) is 10.0 Å². The molecule has 9 heteroatoms. The summed E-state index contributed by atoms with van der Waals surface area (Å²) >= 11 is 0. The molecule has 0 radical (unpaired) electrons. The van der Waals surface area contributed by atoms with Gasteiger partial charge in [0.15, 0.2) is 0 Å². The summed E-state index contributed by atoms with van der Waals surface area (Å²) in [6.45, 7) is 2.41. The fourth-order valence-corrected chi connectivity index (χ4v) is 5.85. The number of nitrogens with zero attached hydrogens (tertiary/aromatic N) is 3. The van der Waals surface area contributed by atoms with Gasteiger partial charge in [-0.15, -0.1) is 0 Å². The Hall–Kier alpha value is -3.01. The quantitative estimate of drug-likeness (QED) is 0.613. The maximum Gasteiger partial charge on any atom is 0.256 e. The van der Waals surface area contributed by atoms with Gasteiger partial charge in [0, 0.05) is 25.2 Å². The summed E-state index contributed by atoms with van der Waals surface area (Å²) in [5, 5.41) is 2.80. The zero-order valence-corrected chi connectivity index (χ0v) is 17.9. The number of carbonyl (C=O) groups is 1. The summed E-state index contributed by atoms with van der Waals surface area (Å²) in [5.41, 5.74) is 2.83. The zero-order valence-electron chi connectivity index (χ0n) is 17.1. The van der Waals surface area contributed by atoms with Gasteiger partial charge in [0.1, 0.15) is 5.82 Å². The van der Waals surface area contributed by atoms with Gasteiger partial charge in [-0.1, -0.05) is 18.2 Å². The van der Waals surface area contributed by atoms with Crippen LogP contribution >= 0.6 is 0 Å². The molecule has 1 fully saturated rings. The van der Waals surface area contributed by atoms with Crippen LogP contribution in [0.15, 0.2) is 47.4 Å². The summed E-state index contributed by atoms with van der Waals surface area (Å²) in [6.07, 6.45) is 2.39. The molecule has 0 atom stereocenters. The molecule has 0 aliphatic carbocycles. The third kappa shape index (κ3) is 3.54. The van der Waals surface area contributed by atoms with E-state index in [2.05, 4.69) is 20.2 Å². The first kappa shape index (κ1) is 19.9. The number of carbonyl (C=O) groups excluding carboxylic acids is 1. The standard InChI is InChI=1S/C22H23N5O3S/c1-26-10-5-11-27(13-12-26)31(29,30)19-9-4-8-18-21(19)15(22(28)25-18)14-20-23-16-6-2-3-7-17(16)24-20/h2-4,6-9,14H,5,10-13H2,1H3,(H,23,24)(H,25,28)/b15-14-. The number of benzene rings is 2. The van der Waals surface area contributed by atoms with Crippen molar-refractivity contribution < 1.29 is 13.2 Å². The minimum Gasteiger partial charge on any atom is -0.338 e. The van der Waals surface area contributed by atoms with Gasteiger partial charge in [0.05, 0.1) is 27.2 Å². The molecular formula is C22H23N5O3S. The van der Waals surface area contributed by atoms with E-state index in [0.717, 1.165) is 24.0 Å². The highest BCUT2D eigenvalue weighted by Gasteiger charge is 2.35. The van der Waals surface area contributed by atoms with E-state index in [1.807, 2.05) is 31.3 Å². The molecule has 31 heavy (non-hydrogen) atoms. The smallest absolute Gasteiger partial charge is 0.256 e. The molecule has 8 nitrogen and oxygen atoms in total. The fourth-order valence-electron chi connectivity index (χ4n) is 4.15. The average molecular weight is 438 g/mol. The van der Waals surface area contributed by atoms with E-state index >= 15 is 0 Å². The Morgan fingerprint density at radius 2 is 1.87 bits per heavy atom. The number of fused-ring (bicyclic) bond motifs is 2. The fraction of sp³-hybridized carbons (Fsp3) is 0.273. The van der Waals surface area contributed by atoms with E-state index < -0.39 is 10.0 Å². The van der Waals surface area contributed by atoms with Crippen molar-refractivity contribution in [3.63, 3.8) is 0 Å². The van der Waals surface area contributed by atoms with Crippen molar-refractivity contribution in [2.75, 3.05) is 38.5 Å². The number of nitrogens with one attached hydrogen (secondary N) is 2. The van der Waals surface area contributed by atoms with E-state index in [9.17, 15) is 13.2 Å². The van der Waals surface area contributed by atoms with Gasteiger partial charge in [0.25, 0.3) is 5.91 Å². The number of H-pyrrole nitrogens is 1. The molecule has 0 saturated carbocycles. The molecule has 0 unspecified atom stereocenters. The molecule has 3 aromatic rings. The van der Waals surface area contributed by atoms with E-state index in [0.29, 0.717) is 42.3 Å². The predicted octanol–water partition coefficient (Wildman–Crippen LogP) is 2.38. The van der Waals surface area contributed by atoms with E-state index in [4.69, 9.17) is 0 Å². The number of hydrogen-bond donors (Lipinski definition) is 2. The number of sulfonamides is 1. The van der Waals surface area contributed by atoms with E-state index in [-0.39, 0.29) is 10.8 Å². The van der Waals surface area contributed by atoms with Gasteiger partial charge in [-0.3, -0.25) is 4.79 Å². The topological polar surface area (TPSA) is 98.4 Å². The zero-order chi connectivity index (χ0) is 21.6. The number of likely N-dealkylation sites (N-methyl/N-ethyl adjacent to an activating group) is 1. The molecule has 3 heterocycles. The summed E-state index contributed by atoms with van der Waals surface area (Å²) in [6, 6.07) is 12.5. The minimum absolute atomic E-state index is 0.148. The van der Waals surface area contributed by atoms with Crippen LogP contribution in [0.2, 0.25) is 0 Å². The summed E-state index contributed by atoms with van der Waals surface area (Å²) < 4.78 is 28.7. The third-order valence-electron chi connectivity index (χ3n) is 5.77. The molecule has 5 rings (SSSR count).